The molecule has 5 heteroatoms. The van der Waals surface area contributed by atoms with Crippen LogP contribution in [0.3, 0.4) is 0 Å². The van der Waals surface area contributed by atoms with Crippen molar-refractivity contribution >= 4 is 12.0 Å². The molecule has 0 aromatic carbocycles. The molecule has 2 saturated carbocycles. The van der Waals surface area contributed by atoms with Crippen molar-refractivity contribution < 1.29 is 14.7 Å². The van der Waals surface area contributed by atoms with Crippen LogP contribution in [0.25, 0.3) is 0 Å². The fraction of sp³-hybridized carbons (Fsp3) is 0.857. The number of carboxylic acids is 1. The topological polar surface area (TPSA) is 78.4 Å². The van der Waals surface area contributed by atoms with Crippen molar-refractivity contribution in [3.05, 3.63) is 0 Å². The van der Waals surface area contributed by atoms with Gasteiger partial charge in [-0.25, -0.2) is 4.79 Å². The van der Waals surface area contributed by atoms with E-state index in [4.69, 9.17) is 0 Å². The summed E-state index contributed by atoms with van der Waals surface area (Å²) >= 11 is 0. The molecule has 1 atom stereocenters. The van der Waals surface area contributed by atoms with Crippen molar-refractivity contribution in [1.82, 2.24) is 10.6 Å². The lowest BCUT2D eigenvalue weighted by atomic mass is 9.80. The van der Waals surface area contributed by atoms with Gasteiger partial charge in [-0.2, -0.15) is 0 Å². The zero-order chi connectivity index (χ0) is 13.9. The van der Waals surface area contributed by atoms with E-state index in [-0.39, 0.29) is 18.6 Å². The quantitative estimate of drug-likeness (QED) is 0.714. The van der Waals surface area contributed by atoms with Crippen LogP contribution >= 0.6 is 0 Å². The maximum atomic E-state index is 11.8. The third-order valence-corrected chi connectivity index (χ3v) is 4.82. The van der Waals surface area contributed by atoms with Gasteiger partial charge in [0, 0.05) is 12.6 Å². The molecule has 2 fully saturated rings. The molecule has 2 amide bonds. The highest BCUT2D eigenvalue weighted by atomic mass is 16.4. The van der Waals surface area contributed by atoms with Crippen molar-refractivity contribution in [2.24, 2.45) is 11.3 Å². The molecule has 3 N–H and O–H groups in total. The Balaban J connectivity index is 1.77. The van der Waals surface area contributed by atoms with E-state index in [9.17, 15) is 14.7 Å². The van der Waals surface area contributed by atoms with Gasteiger partial charge >= 0.3 is 12.0 Å². The lowest BCUT2D eigenvalue weighted by Gasteiger charge is -2.32. The van der Waals surface area contributed by atoms with Crippen LogP contribution in [0.15, 0.2) is 0 Å². The van der Waals surface area contributed by atoms with E-state index >= 15 is 0 Å². The van der Waals surface area contributed by atoms with E-state index in [0.717, 1.165) is 12.8 Å². The average molecular weight is 268 g/mol. The van der Waals surface area contributed by atoms with E-state index in [2.05, 4.69) is 10.6 Å². The normalized spacial score (nSPS) is 23.4. The molecule has 0 saturated heterocycles. The lowest BCUT2D eigenvalue weighted by Crippen LogP contribution is -2.49. The van der Waals surface area contributed by atoms with Crippen molar-refractivity contribution in [2.75, 3.05) is 6.54 Å². The van der Waals surface area contributed by atoms with Gasteiger partial charge in [-0.05, 0) is 38.5 Å². The van der Waals surface area contributed by atoms with Gasteiger partial charge < -0.3 is 15.7 Å². The summed E-state index contributed by atoms with van der Waals surface area (Å²) in [5.41, 5.74) is -0.739. The number of rotatable bonds is 5. The number of carbonyl (C=O) groups is 2. The first-order chi connectivity index (χ1) is 9.03. The number of hydrogen-bond donors (Lipinski definition) is 3. The molecule has 19 heavy (non-hydrogen) atoms. The molecule has 2 aliphatic carbocycles. The summed E-state index contributed by atoms with van der Waals surface area (Å²) in [5, 5.41) is 15.0. The predicted molar refractivity (Wildman–Crippen MR) is 71.9 cm³/mol. The zero-order valence-electron chi connectivity index (χ0n) is 11.6. The fourth-order valence-corrected chi connectivity index (χ4v) is 3.08. The number of hydrogen-bond acceptors (Lipinski definition) is 2. The monoisotopic (exact) mass is 268 g/mol. The SMILES string of the molecule is CC(NC(=O)NCC1(C(=O)O)CCCC1)C1CCC1. The number of amides is 2. The Hall–Kier alpha value is -1.26. The van der Waals surface area contributed by atoms with Crippen LogP contribution in [0.1, 0.15) is 51.9 Å². The smallest absolute Gasteiger partial charge is 0.315 e. The second kappa shape index (κ2) is 5.80. The fourth-order valence-electron chi connectivity index (χ4n) is 3.08. The molecule has 0 heterocycles. The van der Waals surface area contributed by atoms with Crippen LogP contribution in [0.5, 0.6) is 0 Å². The van der Waals surface area contributed by atoms with E-state index in [1.807, 2.05) is 6.92 Å². The highest BCUT2D eigenvalue weighted by Crippen LogP contribution is 2.37. The number of nitrogens with one attached hydrogen (secondary N) is 2. The molecule has 0 bridgehead atoms. The number of carbonyl (C=O) groups excluding carboxylic acids is 1. The van der Waals surface area contributed by atoms with E-state index in [0.29, 0.717) is 18.8 Å². The third-order valence-electron chi connectivity index (χ3n) is 4.82. The van der Waals surface area contributed by atoms with Gasteiger partial charge in [-0.3, -0.25) is 4.79 Å². The lowest BCUT2D eigenvalue weighted by molar-refractivity contribution is -0.148. The molecule has 2 aliphatic rings. The van der Waals surface area contributed by atoms with Gasteiger partial charge in [0.05, 0.1) is 5.41 Å². The molecular weight excluding hydrogens is 244 g/mol. The van der Waals surface area contributed by atoms with Gasteiger partial charge in [-0.1, -0.05) is 19.3 Å². The van der Waals surface area contributed by atoms with Crippen molar-refractivity contribution in [3.63, 3.8) is 0 Å². The van der Waals surface area contributed by atoms with Crippen LogP contribution in [-0.4, -0.2) is 29.7 Å². The standard InChI is InChI=1S/C14H24N2O3/c1-10(11-5-4-6-11)16-13(19)15-9-14(12(17)18)7-2-3-8-14/h10-11H,2-9H2,1H3,(H,17,18)(H2,15,16,19). The number of carboxylic acid groups (broad SMARTS) is 1. The molecule has 2 rings (SSSR count). The Bertz CT molecular complexity index is 347. The third kappa shape index (κ3) is 3.19. The molecular formula is C14H24N2O3. The average Bonchev–Trinajstić information content (AvgIpc) is 2.73. The van der Waals surface area contributed by atoms with Crippen molar-refractivity contribution in [3.8, 4) is 0 Å². The maximum absolute atomic E-state index is 11.8. The first-order valence-corrected chi connectivity index (χ1v) is 7.31. The highest BCUT2D eigenvalue weighted by molar-refractivity contribution is 5.78. The highest BCUT2D eigenvalue weighted by Gasteiger charge is 2.41. The van der Waals surface area contributed by atoms with Crippen LogP contribution < -0.4 is 10.6 Å². The van der Waals surface area contributed by atoms with Crippen molar-refractivity contribution in [2.45, 2.75) is 57.9 Å². The Morgan fingerprint density at radius 1 is 1.26 bits per heavy atom. The summed E-state index contributed by atoms with van der Waals surface area (Å²) in [4.78, 5) is 23.2. The molecule has 108 valence electrons. The second-order valence-electron chi connectivity index (χ2n) is 6.10. The van der Waals surface area contributed by atoms with Gasteiger partial charge in [0.25, 0.3) is 0 Å². The summed E-state index contributed by atoms with van der Waals surface area (Å²) in [6.07, 6.45) is 6.82. The second-order valence-corrected chi connectivity index (χ2v) is 6.10. The van der Waals surface area contributed by atoms with Crippen LogP contribution in [0.2, 0.25) is 0 Å². The Labute approximate surface area is 114 Å². The molecule has 0 spiro atoms. The van der Waals surface area contributed by atoms with E-state index in [1.165, 1.54) is 19.3 Å². The van der Waals surface area contributed by atoms with Crippen LogP contribution in [0.4, 0.5) is 4.79 Å². The number of urea groups is 1. The van der Waals surface area contributed by atoms with Crippen molar-refractivity contribution in [1.29, 1.82) is 0 Å². The molecule has 0 aromatic rings. The molecule has 0 radical (unpaired) electrons. The van der Waals surface area contributed by atoms with Crippen LogP contribution in [0, 0.1) is 11.3 Å². The van der Waals surface area contributed by atoms with Gasteiger partial charge in [0.2, 0.25) is 0 Å². The van der Waals surface area contributed by atoms with E-state index < -0.39 is 11.4 Å². The number of aliphatic carboxylic acids is 1. The summed E-state index contributed by atoms with van der Waals surface area (Å²) in [6.45, 7) is 2.26. The Morgan fingerprint density at radius 2 is 1.89 bits per heavy atom. The maximum Gasteiger partial charge on any atom is 0.315 e. The minimum absolute atomic E-state index is 0.179. The van der Waals surface area contributed by atoms with Crippen LogP contribution in [-0.2, 0) is 4.79 Å². The molecule has 0 aromatic heterocycles. The predicted octanol–water partition coefficient (Wildman–Crippen LogP) is 2.12. The summed E-state index contributed by atoms with van der Waals surface area (Å²) < 4.78 is 0. The minimum atomic E-state index is -0.780. The van der Waals surface area contributed by atoms with E-state index in [1.54, 1.807) is 0 Å². The van der Waals surface area contributed by atoms with Gasteiger partial charge in [0.1, 0.15) is 0 Å². The molecule has 0 aliphatic heterocycles. The molecule has 1 unspecified atom stereocenters. The largest absolute Gasteiger partial charge is 0.481 e. The van der Waals surface area contributed by atoms with Gasteiger partial charge in [-0.15, -0.1) is 0 Å². The Kier molecular flexibility index (Phi) is 4.32. The summed E-state index contributed by atoms with van der Waals surface area (Å²) in [5.74, 6) is -0.192. The Morgan fingerprint density at radius 3 is 2.37 bits per heavy atom. The summed E-state index contributed by atoms with van der Waals surface area (Å²) in [7, 11) is 0. The minimum Gasteiger partial charge on any atom is -0.481 e. The summed E-state index contributed by atoms with van der Waals surface area (Å²) in [6, 6.07) is -0.0509. The van der Waals surface area contributed by atoms with Gasteiger partial charge in [0.15, 0.2) is 0 Å². The first kappa shape index (κ1) is 14.2. The molecule has 5 nitrogen and oxygen atoms in total. The first-order valence-electron chi connectivity index (χ1n) is 7.31. The zero-order valence-corrected chi connectivity index (χ0v) is 11.6.